The van der Waals surface area contributed by atoms with E-state index in [-0.39, 0.29) is 12.5 Å². The SMILES string of the molecule is CCOC(=O)/C=C/c1cccc(-c2ccc(OC)c(CNC(=O)OC(C)(C)C)c2)c1. The molecule has 0 saturated heterocycles. The number of carbonyl (C=O) groups is 2. The van der Waals surface area contributed by atoms with E-state index < -0.39 is 11.7 Å². The lowest BCUT2D eigenvalue weighted by Crippen LogP contribution is -2.32. The molecule has 0 spiro atoms. The first-order valence-electron chi connectivity index (χ1n) is 9.81. The van der Waals surface area contributed by atoms with Crippen LogP contribution in [0.3, 0.4) is 0 Å². The molecule has 2 rings (SSSR count). The molecule has 2 aromatic rings. The number of hydrogen-bond donors (Lipinski definition) is 1. The Bertz CT molecular complexity index is 912. The van der Waals surface area contributed by atoms with Gasteiger partial charge in [-0.15, -0.1) is 0 Å². The van der Waals surface area contributed by atoms with E-state index in [9.17, 15) is 9.59 Å². The second-order valence-electron chi connectivity index (χ2n) is 7.59. The van der Waals surface area contributed by atoms with Crippen molar-refractivity contribution in [2.45, 2.75) is 39.8 Å². The number of benzene rings is 2. The summed E-state index contributed by atoms with van der Waals surface area (Å²) in [6.45, 7) is 7.83. The zero-order valence-corrected chi connectivity index (χ0v) is 18.2. The Morgan fingerprint density at radius 2 is 1.80 bits per heavy atom. The van der Waals surface area contributed by atoms with Crippen molar-refractivity contribution in [2.24, 2.45) is 0 Å². The minimum atomic E-state index is -0.562. The summed E-state index contributed by atoms with van der Waals surface area (Å²) in [5, 5.41) is 2.76. The number of nitrogens with one attached hydrogen (secondary N) is 1. The molecular weight excluding hydrogens is 382 g/mol. The van der Waals surface area contributed by atoms with Gasteiger partial charge in [-0.2, -0.15) is 0 Å². The van der Waals surface area contributed by atoms with Crippen LogP contribution in [0.5, 0.6) is 5.75 Å². The molecule has 1 amide bonds. The van der Waals surface area contributed by atoms with Gasteiger partial charge in [0.2, 0.25) is 0 Å². The smallest absolute Gasteiger partial charge is 0.407 e. The van der Waals surface area contributed by atoms with Gasteiger partial charge in [-0.25, -0.2) is 9.59 Å². The fourth-order valence-electron chi connectivity index (χ4n) is 2.75. The van der Waals surface area contributed by atoms with Crippen LogP contribution in [-0.4, -0.2) is 31.4 Å². The van der Waals surface area contributed by atoms with Crippen LogP contribution in [0.2, 0.25) is 0 Å². The first-order valence-corrected chi connectivity index (χ1v) is 9.81. The summed E-state index contributed by atoms with van der Waals surface area (Å²) < 4.78 is 15.6. The van der Waals surface area contributed by atoms with Gasteiger partial charge in [0, 0.05) is 18.2 Å². The van der Waals surface area contributed by atoms with Gasteiger partial charge in [-0.05, 0) is 68.7 Å². The molecule has 0 aliphatic carbocycles. The Hall–Kier alpha value is -3.28. The van der Waals surface area contributed by atoms with Gasteiger partial charge in [0.1, 0.15) is 11.4 Å². The highest BCUT2D eigenvalue weighted by Gasteiger charge is 2.16. The van der Waals surface area contributed by atoms with E-state index in [2.05, 4.69) is 5.32 Å². The third kappa shape index (κ3) is 7.28. The molecule has 0 radical (unpaired) electrons. The van der Waals surface area contributed by atoms with Crippen molar-refractivity contribution in [3.63, 3.8) is 0 Å². The molecule has 30 heavy (non-hydrogen) atoms. The molecule has 6 heteroatoms. The standard InChI is InChI=1S/C24H29NO5/c1-6-29-22(26)13-10-17-8-7-9-18(14-17)19-11-12-21(28-5)20(15-19)16-25-23(27)30-24(2,3)4/h7-15H,6,16H2,1-5H3,(H,25,27)/b13-10+. The molecule has 0 aliphatic rings. The lowest BCUT2D eigenvalue weighted by molar-refractivity contribution is -0.137. The van der Waals surface area contributed by atoms with Gasteiger partial charge in [-0.1, -0.05) is 24.3 Å². The van der Waals surface area contributed by atoms with Crippen LogP contribution in [0.1, 0.15) is 38.8 Å². The molecule has 0 saturated carbocycles. The molecule has 2 aromatic carbocycles. The summed E-state index contributed by atoms with van der Waals surface area (Å²) in [6, 6.07) is 13.6. The van der Waals surface area contributed by atoms with Crippen LogP contribution in [0.4, 0.5) is 4.79 Å². The Balaban J connectivity index is 2.20. The largest absolute Gasteiger partial charge is 0.496 e. The van der Waals surface area contributed by atoms with Gasteiger partial charge in [-0.3, -0.25) is 0 Å². The molecule has 0 aliphatic heterocycles. The second kappa shape index (κ2) is 10.5. The lowest BCUT2D eigenvalue weighted by Gasteiger charge is -2.20. The van der Waals surface area contributed by atoms with E-state index in [4.69, 9.17) is 14.2 Å². The normalized spacial score (nSPS) is 11.2. The zero-order chi connectivity index (χ0) is 22.1. The third-order valence-electron chi connectivity index (χ3n) is 4.02. The molecular formula is C24H29NO5. The highest BCUT2D eigenvalue weighted by Crippen LogP contribution is 2.27. The Labute approximate surface area is 177 Å². The quantitative estimate of drug-likeness (QED) is 0.515. The number of esters is 1. The van der Waals surface area contributed by atoms with E-state index >= 15 is 0 Å². The van der Waals surface area contributed by atoms with Gasteiger partial charge in [0.25, 0.3) is 0 Å². The van der Waals surface area contributed by atoms with Gasteiger partial charge in [0.15, 0.2) is 0 Å². The Morgan fingerprint density at radius 1 is 1.07 bits per heavy atom. The Morgan fingerprint density at radius 3 is 2.47 bits per heavy atom. The molecule has 0 fully saturated rings. The number of rotatable bonds is 7. The molecule has 0 heterocycles. The van der Waals surface area contributed by atoms with E-state index in [0.29, 0.717) is 12.4 Å². The van der Waals surface area contributed by atoms with Crippen molar-refractivity contribution in [1.29, 1.82) is 0 Å². The fourth-order valence-corrected chi connectivity index (χ4v) is 2.75. The second-order valence-corrected chi connectivity index (χ2v) is 7.59. The maximum atomic E-state index is 12.0. The van der Waals surface area contributed by atoms with Gasteiger partial charge >= 0.3 is 12.1 Å². The molecule has 160 valence electrons. The topological polar surface area (TPSA) is 73.9 Å². The van der Waals surface area contributed by atoms with Crippen LogP contribution < -0.4 is 10.1 Å². The number of ether oxygens (including phenoxy) is 3. The van der Waals surface area contributed by atoms with Crippen molar-refractivity contribution in [3.05, 3.63) is 59.7 Å². The van der Waals surface area contributed by atoms with Crippen LogP contribution >= 0.6 is 0 Å². The van der Waals surface area contributed by atoms with E-state index in [0.717, 1.165) is 22.3 Å². The first-order chi connectivity index (χ1) is 14.2. The summed E-state index contributed by atoms with van der Waals surface area (Å²) in [6.07, 6.45) is 2.64. The highest BCUT2D eigenvalue weighted by atomic mass is 16.6. The summed E-state index contributed by atoms with van der Waals surface area (Å²) >= 11 is 0. The zero-order valence-electron chi connectivity index (χ0n) is 18.2. The van der Waals surface area contributed by atoms with Crippen molar-refractivity contribution >= 4 is 18.1 Å². The lowest BCUT2D eigenvalue weighted by atomic mass is 10.00. The number of carbonyl (C=O) groups excluding carboxylic acids is 2. The predicted octanol–water partition coefficient (Wildman–Crippen LogP) is 4.96. The van der Waals surface area contributed by atoms with Gasteiger partial charge < -0.3 is 19.5 Å². The summed E-state index contributed by atoms with van der Waals surface area (Å²) in [5.74, 6) is 0.302. The average Bonchev–Trinajstić information content (AvgIpc) is 2.69. The van der Waals surface area contributed by atoms with Crippen molar-refractivity contribution in [3.8, 4) is 16.9 Å². The Kier molecular flexibility index (Phi) is 8.04. The van der Waals surface area contributed by atoms with E-state index in [1.165, 1.54) is 6.08 Å². The maximum Gasteiger partial charge on any atom is 0.407 e. The van der Waals surface area contributed by atoms with Crippen LogP contribution in [0.15, 0.2) is 48.5 Å². The molecule has 6 nitrogen and oxygen atoms in total. The third-order valence-corrected chi connectivity index (χ3v) is 4.02. The molecule has 0 atom stereocenters. The first kappa shape index (κ1) is 23.0. The number of amides is 1. The van der Waals surface area contributed by atoms with Crippen LogP contribution in [-0.2, 0) is 20.8 Å². The summed E-state index contributed by atoms with van der Waals surface area (Å²) in [7, 11) is 1.59. The van der Waals surface area contributed by atoms with Crippen molar-refractivity contribution < 1.29 is 23.8 Å². The maximum absolute atomic E-state index is 12.0. The minimum Gasteiger partial charge on any atom is -0.496 e. The number of methoxy groups -OCH3 is 1. The summed E-state index contributed by atoms with van der Waals surface area (Å²) in [5.41, 5.74) is 3.08. The monoisotopic (exact) mass is 411 g/mol. The number of alkyl carbamates (subject to hydrolysis) is 1. The van der Waals surface area contributed by atoms with Crippen molar-refractivity contribution in [2.75, 3.05) is 13.7 Å². The average molecular weight is 411 g/mol. The molecule has 0 aromatic heterocycles. The van der Waals surface area contributed by atoms with Crippen molar-refractivity contribution in [1.82, 2.24) is 5.32 Å². The van der Waals surface area contributed by atoms with E-state index in [1.54, 1.807) is 20.1 Å². The number of hydrogen-bond acceptors (Lipinski definition) is 5. The highest BCUT2D eigenvalue weighted by molar-refractivity contribution is 5.87. The summed E-state index contributed by atoms with van der Waals surface area (Å²) in [4.78, 5) is 23.5. The predicted molar refractivity (Wildman–Crippen MR) is 117 cm³/mol. The van der Waals surface area contributed by atoms with E-state index in [1.807, 2.05) is 63.2 Å². The van der Waals surface area contributed by atoms with Crippen LogP contribution in [0.25, 0.3) is 17.2 Å². The van der Waals surface area contributed by atoms with Gasteiger partial charge in [0.05, 0.1) is 13.7 Å². The van der Waals surface area contributed by atoms with Crippen LogP contribution in [0, 0.1) is 0 Å². The molecule has 1 N–H and O–H groups in total. The fraction of sp³-hybridized carbons (Fsp3) is 0.333. The minimum absolute atomic E-state index is 0.272. The molecule has 0 bridgehead atoms. The molecule has 0 unspecified atom stereocenters.